The summed E-state index contributed by atoms with van der Waals surface area (Å²) in [5, 5.41) is 5.82. The highest BCUT2D eigenvalue weighted by Gasteiger charge is 2.27. The molecule has 2 heterocycles. The van der Waals surface area contributed by atoms with Crippen LogP contribution in [0, 0.1) is 0 Å². The molecule has 0 saturated heterocycles. The number of aromatic nitrogens is 2. The van der Waals surface area contributed by atoms with Crippen molar-refractivity contribution >= 4 is 17.5 Å². The number of anilines is 1. The van der Waals surface area contributed by atoms with Gasteiger partial charge in [0.25, 0.3) is 11.8 Å². The molecule has 2 amide bonds. The van der Waals surface area contributed by atoms with Crippen LogP contribution in [0.4, 0.5) is 5.69 Å². The molecule has 1 aliphatic rings. The Bertz CT molecular complexity index is 839. The summed E-state index contributed by atoms with van der Waals surface area (Å²) in [7, 11) is 3.91. The number of carbonyl (C=O) groups excluding carboxylic acids is 2. The van der Waals surface area contributed by atoms with Gasteiger partial charge in [-0.25, -0.2) is 4.98 Å². The van der Waals surface area contributed by atoms with Crippen molar-refractivity contribution in [2.45, 2.75) is 39.2 Å². The second-order valence-corrected chi connectivity index (χ2v) is 7.40. The van der Waals surface area contributed by atoms with Crippen LogP contribution in [0.3, 0.4) is 0 Å². The monoisotopic (exact) mass is 383 g/mol. The van der Waals surface area contributed by atoms with Crippen molar-refractivity contribution in [3.63, 3.8) is 0 Å². The molecule has 0 atom stereocenters. The zero-order valence-corrected chi connectivity index (χ0v) is 16.9. The number of rotatable bonds is 7. The van der Waals surface area contributed by atoms with Crippen molar-refractivity contribution < 1.29 is 9.59 Å². The standard InChI is InChI=1S/C21H29N5O2/c1-4-15-8-10-16(11-9-15)23-20(27)18-17-7-5-6-13-26(17)19(24-18)21(28)22-12-14-25(2)3/h8-11H,4-7,12-14H2,1-3H3,(H,22,28)(H,23,27). The number of amides is 2. The molecule has 2 N–H and O–H groups in total. The van der Waals surface area contributed by atoms with E-state index >= 15 is 0 Å². The Morgan fingerprint density at radius 3 is 2.57 bits per heavy atom. The molecule has 1 aliphatic heterocycles. The number of benzene rings is 1. The highest BCUT2D eigenvalue weighted by Crippen LogP contribution is 2.22. The minimum atomic E-state index is -0.262. The van der Waals surface area contributed by atoms with Gasteiger partial charge in [0.1, 0.15) is 0 Å². The van der Waals surface area contributed by atoms with Gasteiger partial charge in [-0.3, -0.25) is 9.59 Å². The van der Waals surface area contributed by atoms with Crippen LogP contribution in [0.1, 0.15) is 52.1 Å². The maximum absolute atomic E-state index is 12.9. The lowest BCUT2D eigenvalue weighted by atomic mass is 10.1. The summed E-state index contributed by atoms with van der Waals surface area (Å²) in [6.45, 7) is 4.10. The Hall–Kier alpha value is -2.67. The van der Waals surface area contributed by atoms with E-state index in [9.17, 15) is 9.59 Å². The van der Waals surface area contributed by atoms with E-state index < -0.39 is 0 Å². The molecule has 7 heteroatoms. The average molecular weight is 383 g/mol. The van der Waals surface area contributed by atoms with E-state index in [2.05, 4.69) is 22.5 Å². The smallest absolute Gasteiger partial charge is 0.287 e. The molecule has 0 spiro atoms. The first kappa shape index (κ1) is 20.1. The van der Waals surface area contributed by atoms with Crippen LogP contribution in [0.25, 0.3) is 0 Å². The van der Waals surface area contributed by atoms with Gasteiger partial charge in [-0.15, -0.1) is 0 Å². The van der Waals surface area contributed by atoms with E-state index in [1.807, 2.05) is 47.8 Å². The molecule has 150 valence electrons. The molecular formula is C21H29N5O2. The summed E-state index contributed by atoms with van der Waals surface area (Å²) in [4.78, 5) is 31.9. The fraction of sp³-hybridized carbons (Fsp3) is 0.476. The van der Waals surface area contributed by atoms with E-state index in [4.69, 9.17) is 0 Å². The van der Waals surface area contributed by atoms with E-state index in [1.54, 1.807) is 0 Å². The first-order chi connectivity index (χ1) is 13.5. The largest absolute Gasteiger partial charge is 0.348 e. The third kappa shape index (κ3) is 4.59. The van der Waals surface area contributed by atoms with Gasteiger partial charge in [-0.1, -0.05) is 19.1 Å². The van der Waals surface area contributed by atoms with Crippen LogP contribution in [0.5, 0.6) is 0 Å². The number of hydrogen-bond donors (Lipinski definition) is 2. The van der Waals surface area contributed by atoms with Crippen LogP contribution in [-0.2, 0) is 19.4 Å². The number of carbonyl (C=O) groups is 2. The molecule has 0 bridgehead atoms. The van der Waals surface area contributed by atoms with Gasteiger partial charge in [-0.2, -0.15) is 0 Å². The Kier molecular flexibility index (Phi) is 6.46. The van der Waals surface area contributed by atoms with E-state index in [0.717, 1.165) is 50.2 Å². The highest BCUT2D eigenvalue weighted by molar-refractivity contribution is 6.05. The fourth-order valence-electron chi connectivity index (χ4n) is 3.38. The normalized spacial score (nSPS) is 13.3. The zero-order chi connectivity index (χ0) is 20.1. The lowest BCUT2D eigenvalue weighted by Crippen LogP contribution is -2.33. The topological polar surface area (TPSA) is 79.3 Å². The molecule has 0 radical (unpaired) electrons. The minimum absolute atomic E-state index is 0.226. The van der Waals surface area contributed by atoms with Crippen molar-refractivity contribution in [3.8, 4) is 0 Å². The van der Waals surface area contributed by atoms with Gasteiger partial charge in [0.05, 0.1) is 5.69 Å². The second-order valence-electron chi connectivity index (χ2n) is 7.40. The van der Waals surface area contributed by atoms with Gasteiger partial charge < -0.3 is 20.1 Å². The number of fused-ring (bicyclic) bond motifs is 1. The molecule has 3 rings (SSSR count). The molecular weight excluding hydrogens is 354 g/mol. The van der Waals surface area contributed by atoms with Crippen molar-refractivity contribution in [1.29, 1.82) is 0 Å². The Labute approximate surface area is 166 Å². The predicted octanol–water partition coefficient (Wildman–Crippen LogP) is 2.33. The molecule has 2 aromatic rings. The third-order valence-electron chi connectivity index (χ3n) is 5.00. The van der Waals surface area contributed by atoms with Crippen molar-refractivity contribution in [3.05, 3.63) is 47.0 Å². The van der Waals surface area contributed by atoms with Crippen molar-refractivity contribution in [2.75, 3.05) is 32.5 Å². The van der Waals surface area contributed by atoms with Crippen molar-refractivity contribution in [1.82, 2.24) is 19.8 Å². The lowest BCUT2D eigenvalue weighted by Gasteiger charge is -2.17. The first-order valence-corrected chi connectivity index (χ1v) is 9.92. The molecule has 7 nitrogen and oxygen atoms in total. The fourth-order valence-corrected chi connectivity index (χ4v) is 3.38. The maximum Gasteiger partial charge on any atom is 0.287 e. The Morgan fingerprint density at radius 2 is 1.89 bits per heavy atom. The number of hydrogen-bond acceptors (Lipinski definition) is 4. The molecule has 0 unspecified atom stereocenters. The number of nitrogens with zero attached hydrogens (tertiary/aromatic N) is 3. The molecule has 0 aliphatic carbocycles. The third-order valence-corrected chi connectivity index (χ3v) is 5.00. The second kappa shape index (κ2) is 9.01. The first-order valence-electron chi connectivity index (χ1n) is 9.92. The summed E-state index contributed by atoms with van der Waals surface area (Å²) < 4.78 is 1.91. The molecule has 0 saturated carbocycles. The van der Waals surface area contributed by atoms with Crippen molar-refractivity contribution in [2.24, 2.45) is 0 Å². The summed E-state index contributed by atoms with van der Waals surface area (Å²) in [6.07, 6.45) is 3.70. The average Bonchev–Trinajstić information content (AvgIpc) is 3.08. The van der Waals surface area contributed by atoms with E-state index in [0.29, 0.717) is 18.1 Å². The van der Waals surface area contributed by atoms with Gasteiger partial charge in [0.2, 0.25) is 0 Å². The van der Waals surface area contributed by atoms with Gasteiger partial charge in [-0.05, 0) is 57.5 Å². The molecule has 1 aromatic carbocycles. The number of imidazole rings is 1. The molecule has 0 fully saturated rings. The predicted molar refractivity (Wildman–Crippen MR) is 110 cm³/mol. The van der Waals surface area contributed by atoms with Crippen LogP contribution in [0.15, 0.2) is 24.3 Å². The summed E-state index contributed by atoms with van der Waals surface area (Å²) in [5.41, 5.74) is 3.16. The Morgan fingerprint density at radius 1 is 1.14 bits per heavy atom. The maximum atomic E-state index is 12.9. The summed E-state index contributed by atoms with van der Waals surface area (Å²) >= 11 is 0. The van der Waals surface area contributed by atoms with Crippen LogP contribution < -0.4 is 10.6 Å². The van der Waals surface area contributed by atoms with Gasteiger partial charge in [0.15, 0.2) is 11.5 Å². The van der Waals surface area contributed by atoms with Gasteiger partial charge >= 0.3 is 0 Å². The SMILES string of the molecule is CCc1ccc(NC(=O)c2nc(C(=O)NCCN(C)C)n3c2CCCC3)cc1. The minimum Gasteiger partial charge on any atom is -0.348 e. The van der Waals surface area contributed by atoms with Crippen LogP contribution in [0.2, 0.25) is 0 Å². The summed E-state index contributed by atoms with van der Waals surface area (Å²) in [5.74, 6) is -0.154. The van der Waals surface area contributed by atoms with E-state index in [1.165, 1.54) is 5.56 Å². The number of aryl methyl sites for hydroxylation is 1. The molecule has 1 aromatic heterocycles. The quantitative estimate of drug-likeness (QED) is 0.769. The lowest BCUT2D eigenvalue weighted by molar-refractivity contribution is 0.0935. The zero-order valence-electron chi connectivity index (χ0n) is 16.9. The van der Waals surface area contributed by atoms with Crippen LogP contribution in [-0.4, -0.2) is 53.5 Å². The number of nitrogens with one attached hydrogen (secondary N) is 2. The van der Waals surface area contributed by atoms with Crippen LogP contribution >= 0.6 is 0 Å². The highest BCUT2D eigenvalue weighted by atomic mass is 16.2. The van der Waals surface area contributed by atoms with Gasteiger partial charge in [0, 0.05) is 25.3 Å². The number of likely N-dealkylation sites (N-methyl/N-ethyl adjacent to an activating group) is 1. The molecule has 28 heavy (non-hydrogen) atoms. The summed E-state index contributed by atoms with van der Waals surface area (Å²) in [6, 6.07) is 7.80. The van der Waals surface area contributed by atoms with E-state index in [-0.39, 0.29) is 11.8 Å². The Balaban J connectivity index is 1.79.